The fourth-order valence-corrected chi connectivity index (χ4v) is 2.08. The third kappa shape index (κ3) is 2.82. The number of furan rings is 1. The van der Waals surface area contributed by atoms with E-state index >= 15 is 0 Å². The average Bonchev–Trinajstić information content (AvgIpc) is 2.96. The summed E-state index contributed by atoms with van der Waals surface area (Å²) < 4.78 is 7.70. The van der Waals surface area contributed by atoms with E-state index in [0.717, 1.165) is 36.6 Å². The highest BCUT2D eigenvalue weighted by Crippen LogP contribution is 2.23. The molecule has 2 rings (SSSR count). The molecule has 4 nitrogen and oxygen atoms in total. The first-order chi connectivity index (χ1) is 8.74. The minimum Gasteiger partial charge on any atom is -0.464 e. The van der Waals surface area contributed by atoms with Gasteiger partial charge in [0.25, 0.3) is 0 Å². The maximum absolute atomic E-state index is 5.72. The fourth-order valence-electron chi connectivity index (χ4n) is 2.08. The lowest BCUT2D eigenvalue weighted by Gasteiger charge is -2.13. The average molecular weight is 247 g/mol. The lowest BCUT2D eigenvalue weighted by atomic mass is 10.1. The Labute approximate surface area is 108 Å². The molecule has 98 valence electrons. The van der Waals surface area contributed by atoms with Crippen LogP contribution in [0.3, 0.4) is 0 Å². The number of nitrogens with zero attached hydrogens (tertiary/aromatic N) is 2. The van der Waals surface area contributed by atoms with Gasteiger partial charge in [0.05, 0.1) is 12.2 Å². The zero-order valence-corrected chi connectivity index (χ0v) is 11.3. The number of aryl methyl sites for hydroxylation is 2. The lowest BCUT2D eigenvalue weighted by molar-refractivity contribution is 0.434. The van der Waals surface area contributed by atoms with Crippen molar-refractivity contribution in [3.05, 3.63) is 41.6 Å². The van der Waals surface area contributed by atoms with Crippen LogP contribution in [0.25, 0.3) is 0 Å². The Morgan fingerprint density at radius 1 is 1.39 bits per heavy atom. The van der Waals surface area contributed by atoms with Gasteiger partial charge in [-0.3, -0.25) is 4.68 Å². The van der Waals surface area contributed by atoms with Gasteiger partial charge >= 0.3 is 0 Å². The quantitative estimate of drug-likeness (QED) is 0.853. The highest BCUT2D eigenvalue weighted by Gasteiger charge is 2.18. The zero-order valence-electron chi connectivity index (χ0n) is 11.3. The third-order valence-corrected chi connectivity index (χ3v) is 2.89. The molecular formula is C14H21N3O. The van der Waals surface area contributed by atoms with Crippen molar-refractivity contribution in [2.45, 2.75) is 39.8 Å². The minimum atomic E-state index is 0.0920. The summed E-state index contributed by atoms with van der Waals surface area (Å²) >= 11 is 0. The van der Waals surface area contributed by atoms with Crippen LogP contribution in [-0.2, 0) is 6.54 Å². The smallest absolute Gasteiger partial charge is 0.125 e. The van der Waals surface area contributed by atoms with E-state index in [2.05, 4.69) is 30.5 Å². The van der Waals surface area contributed by atoms with E-state index in [1.54, 1.807) is 0 Å². The van der Waals surface area contributed by atoms with Crippen LogP contribution in [0.5, 0.6) is 0 Å². The highest BCUT2D eigenvalue weighted by molar-refractivity contribution is 5.23. The van der Waals surface area contributed by atoms with Gasteiger partial charge in [0, 0.05) is 18.3 Å². The largest absolute Gasteiger partial charge is 0.464 e. The van der Waals surface area contributed by atoms with Crippen LogP contribution in [0.2, 0.25) is 0 Å². The SMILES string of the molecule is CCCn1cc(C(NCC)c2ccc(C)o2)cn1. The first-order valence-electron chi connectivity index (χ1n) is 6.56. The molecule has 18 heavy (non-hydrogen) atoms. The summed E-state index contributed by atoms with van der Waals surface area (Å²) in [7, 11) is 0. The number of hydrogen-bond donors (Lipinski definition) is 1. The fraction of sp³-hybridized carbons (Fsp3) is 0.500. The molecule has 0 aliphatic carbocycles. The molecule has 0 radical (unpaired) electrons. The second-order valence-electron chi connectivity index (χ2n) is 4.48. The molecule has 0 aromatic carbocycles. The summed E-state index contributed by atoms with van der Waals surface area (Å²) in [5, 5.41) is 7.81. The Bertz CT molecular complexity index is 487. The van der Waals surface area contributed by atoms with Crippen LogP contribution in [0.4, 0.5) is 0 Å². The van der Waals surface area contributed by atoms with E-state index in [9.17, 15) is 0 Å². The molecule has 0 aliphatic rings. The van der Waals surface area contributed by atoms with E-state index < -0.39 is 0 Å². The zero-order chi connectivity index (χ0) is 13.0. The Morgan fingerprint density at radius 3 is 2.83 bits per heavy atom. The van der Waals surface area contributed by atoms with Gasteiger partial charge < -0.3 is 9.73 Å². The molecule has 0 saturated carbocycles. The summed E-state index contributed by atoms with van der Waals surface area (Å²) in [6, 6.07) is 4.12. The van der Waals surface area contributed by atoms with Crippen molar-refractivity contribution in [3.63, 3.8) is 0 Å². The third-order valence-electron chi connectivity index (χ3n) is 2.89. The second-order valence-corrected chi connectivity index (χ2v) is 4.48. The molecule has 2 heterocycles. The standard InChI is InChI=1S/C14H21N3O/c1-4-8-17-10-12(9-16-17)14(15-5-2)13-7-6-11(3)18-13/h6-7,9-10,14-15H,4-5,8H2,1-3H3. The normalized spacial score (nSPS) is 12.8. The van der Waals surface area contributed by atoms with Crippen molar-refractivity contribution >= 4 is 0 Å². The first kappa shape index (κ1) is 12.9. The number of aromatic nitrogens is 2. The summed E-state index contributed by atoms with van der Waals surface area (Å²) in [5.41, 5.74) is 1.15. The predicted molar refractivity (Wildman–Crippen MR) is 71.5 cm³/mol. The van der Waals surface area contributed by atoms with Crippen molar-refractivity contribution in [2.24, 2.45) is 0 Å². The number of hydrogen-bond acceptors (Lipinski definition) is 3. The minimum absolute atomic E-state index is 0.0920. The van der Waals surface area contributed by atoms with Crippen molar-refractivity contribution < 1.29 is 4.42 Å². The van der Waals surface area contributed by atoms with Crippen LogP contribution in [0.1, 0.15) is 43.4 Å². The van der Waals surface area contributed by atoms with Crippen LogP contribution >= 0.6 is 0 Å². The summed E-state index contributed by atoms with van der Waals surface area (Å²) in [4.78, 5) is 0. The Morgan fingerprint density at radius 2 is 2.22 bits per heavy atom. The van der Waals surface area contributed by atoms with E-state index in [4.69, 9.17) is 4.42 Å². The molecule has 0 amide bonds. The molecule has 1 N–H and O–H groups in total. The molecule has 1 unspecified atom stereocenters. The maximum atomic E-state index is 5.72. The van der Waals surface area contributed by atoms with Gasteiger partial charge in [-0.25, -0.2) is 0 Å². The molecule has 2 aromatic rings. The Hall–Kier alpha value is -1.55. The van der Waals surface area contributed by atoms with Gasteiger partial charge in [-0.15, -0.1) is 0 Å². The van der Waals surface area contributed by atoms with Crippen LogP contribution in [-0.4, -0.2) is 16.3 Å². The van der Waals surface area contributed by atoms with E-state index in [0.29, 0.717) is 0 Å². The van der Waals surface area contributed by atoms with Gasteiger partial charge in [-0.05, 0) is 32.0 Å². The van der Waals surface area contributed by atoms with Gasteiger partial charge in [0.2, 0.25) is 0 Å². The van der Waals surface area contributed by atoms with Gasteiger partial charge in [-0.2, -0.15) is 5.10 Å². The molecule has 0 aliphatic heterocycles. The van der Waals surface area contributed by atoms with Crippen molar-refractivity contribution in [1.29, 1.82) is 0 Å². The first-order valence-corrected chi connectivity index (χ1v) is 6.56. The van der Waals surface area contributed by atoms with Gasteiger partial charge in [-0.1, -0.05) is 13.8 Å². The van der Waals surface area contributed by atoms with Crippen molar-refractivity contribution in [2.75, 3.05) is 6.54 Å². The second kappa shape index (κ2) is 5.87. The van der Waals surface area contributed by atoms with Crippen LogP contribution < -0.4 is 5.32 Å². The van der Waals surface area contributed by atoms with Crippen molar-refractivity contribution in [3.8, 4) is 0 Å². The monoisotopic (exact) mass is 247 g/mol. The van der Waals surface area contributed by atoms with Crippen molar-refractivity contribution in [1.82, 2.24) is 15.1 Å². The van der Waals surface area contributed by atoms with Crippen LogP contribution in [0.15, 0.2) is 28.9 Å². The molecule has 1 atom stereocenters. The number of nitrogens with one attached hydrogen (secondary N) is 1. The summed E-state index contributed by atoms with van der Waals surface area (Å²) in [5.74, 6) is 1.89. The molecule has 0 spiro atoms. The molecular weight excluding hydrogens is 226 g/mol. The van der Waals surface area contributed by atoms with Gasteiger partial charge in [0.1, 0.15) is 11.5 Å². The maximum Gasteiger partial charge on any atom is 0.125 e. The molecule has 0 bridgehead atoms. The highest BCUT2D eigenvalue weighted by atomic mass is 16.3. The van der Waals surface area contributed by atoms with E-state index in [1.807, 2.05) is 29.9 Å². The number of rotatable bonds is 6. The van der Waals surface area contributed by atoms with Gasteiger partial charge in [0.15, 0.2) is 0 Å². The molecule has 2 aromatic heterocycles. The predicted octanol–water partition coefficient (Wildman–Crippen LogP) is 2.89. The topological polar surface area (TPSA) is 43.0 Å². The Kier molecular flexibility index (Phi) is 4.20. The molecule has 4 heteroatoms. The lowest BCUT2D eigenvalue weighted by Crippen LogP contribution is -2.21. The molecule has 0 fully saturated rings. The van der Waals surface area contributed by atoms with E-state index in [1.165, 1.54) is 0 Å². The summed E-state index contributed by atoms with van der Waals surface area (Å²) in [6.45, 7) is 8.06. The van der Waals surface area contributed by atoms with E-state index in [-0.39, 0.29) is 6.04 Å². The Balaban J connectivity index is 2.23. The summed E-state index contributed by atoms with van der Waals surface area (Å²) in [6.07, 6.45) is 5.10. The van der Waals surface area contributed by atoms with Crippen LogP contribution in [0, 0.1) is 6.92 Å². The molecule has 0 saturated heterocycles.